The second kappa shape index (κ2) is 9.93. The number of benzene rings is 2. The summed E-state index contributed by atoms with van der Waals surface area (Å²) in [6.45, 7) is -0.319. The van der Waals surface area contributed by atoms with Crippen molar-refractivity contribution < 1.29 is 31.8 Å². The molecule has 2 aromatic heterocycles. The number of nitrogens with zero attached hydrogens (tertiary/aromatic N) is 5. The molecule has 36 heavy (non-hydrogen) atoms. The predicted octanol–water partition coefficient (Wildman–Crippen LogP) is 3.24. The van der Waals surface area contributed by atoms with Gasteiger partial charge in [-0.25, -0.2) is 14.2 Å². The molecule has 1 N–H and O–H groups in total. The van der Waals surface area contributed by atoms with Gasteiger partial charge in [0, 0.05) is 18.9 Å². The van der Waals surface area contributed by atoms with Gasteiger partial charge in [-0.1, -0.05) is 12.1 Å². The maximum Gasteiger partial charge on any atom is 0.461 e. The second-order valence-corrected chi connectivity index (χ2v) is 8.08. The lowest BCUT2D eigenvalue weighted by Crippen LogP contribution is -2.42. The van der Waals surface area contributed by atoms with Crippen molar-refractivity contribution in [3.63, 3.8) is 0 Å². The molecule has 0 amide bonds. The van der Waals surface area contributed by atoms with Gasteiger partial charge in [-0.2, -0.15) is 22.7 Å². The first kappa shape index (κ1) is 25.1. The smallest absolute Gasteiger partial charge is 0.428 e. The Kier molecular flexibility index (Phi) is 6.93. The van der Waals surface area contributed by atoms with Gasteiger partial charge >= 0.3 is 18.2 Å². The van der Waals surface area contributed by atoms with E-state index in [0.29, 0.717) is 5.56 Å². The summed E-state index contributed by atoms with van der Waals surface area (Å²) in [4.78, 5) is 17.0. The Morgan fingerprint density at radius 3 is 2.28 bits per heavy atom. The molecular weight excluding hydrogens is 489 g/mol. The van der Waals surface area contributed by atoms with Gasteiger partial charge in [0.1, 0.15) is 24.2 Å². The van der Waals surface area contributed by atoms with Gasteiger partial charge in [-0.15, -0.1) is 0 Å². The van der Waals surface area contributed by atoms with Crippen LogP contribution in [0.2, 0.25) is 0 Å². The van der Waals surface area contributed by atoms with E-state index in [2.05, 4.69) is 14.8 Å². The molecular formula is C23H20F5N5O3. The Morgan fingerprint density at radius 1 is 1.00 bits per heavy atom. The van der Waals surface area contributed by atoms with Crippen LogP contribution < -0.4 is 10.4 Å². The van der Waals surface area contributed by atoms with Crippen LogP contribution in [0.5, 0.6) is 5.75 Å². The first-order valence-corrected chi connectivity index (χ1v) is 10.6. The monoisotopic (exact) mass is 509 g/mol. The van der Waals surface area contributed by atoms with Crippen LogP contribution in [0.15, 0.2) is 78.4 Å². The number of aliphatic hydroxyl groups excluding tert-OH is 1. The maximum absolute atomic E-state index is 13.6. The molecule has 0 aliphatic rings. The molecule has 13 heteroatoms. The predicted molar refractivity (Wildman–Crippen MR) is 117 cm³/mol. The molecule has 0 fully saturated rings. The first-order chi connectivity index (χ1) is 17.1. The third-order valence-corrected chi connectivity index (χ3v) is 5.63. The van der Waals surface area contributed by atoms with E-state index < -0.39 is 41.8 Å². The number of hydrogen-bond donors (Lipinski definition) is 1. The van der Waals surface area contributed by atoms with Crippen LogP contribution >= 0.6 is 0 Å². The molecule has 0 aliphatic carbocycles. The molecule has 4 rings (SSSR count). The number of rotatable bonds is 10. The van der Waals surface area contributed by atoms with Crippen molar-refractivity contribution in [3.05, 3.63) is 95.4 Å². The van der Waals surface area contributed by atoms with E-state index in [1.165, 1.54) is 75.3 Å². The van der Waals surface area contributed by atoms with Crippen LogP contribution in [0, 0.1) is 5.82 Å². The minimum Gasteiger partial charge on any atom is -0.428 e. The summed E-state index contributed by atoms with van der Waals surface area (Å²) in [6.07, 6.45) is -3.00. The van der Waals surface area contributed by atoms with Crippen LogP contribution in [-0.4, -0.2) is 48.1 Å². The van der Waals surface area contributed by atoms with E-state index in [4.69, 9.17) is 0 Å². The van der Waals surface area contributed by atoms with Gasteiger partial charge in [0.05, 0.1) is 24.3 Å². The van der Waals surface area contributed by atoms with E-state index in [-0.39, 0.29) is 18.8 Å². The number of hydrogen-bond acceptors (Lipinski definition) is 5. The van der Waals surface area contributed by atoms with Crippen molar-refractivity contribution in [1.29, 1.82) is 0 Å². The zero-order valence-electron chi connectivity index (χ0n) is 18.5. The van der Waals surface area contributed by atoms with E-state index in [1.807, 2.05) is 0 Å². The van der Waals surface area contributed by atoms with Crippen LogP contribution in [0.1, 0.15) is 5.56 Å². The average Bonchev–Trinajstić information content (AvgIpc) is 3.49. The Hall–Kier alpha value is -4.00. The summed E-state index contributed by atoms with van der Waals surface area (Å²) in [5.41, 5.74) is -0.794. The quantitative estimate of drug-likeness (QED) is 0.332. The highest BCUT2D eigenvalue weighted by atomic mass is 19.3. The molecule has 2 aromatic carbocycles. The SMILES string of the molecule is O=c1n(C[C@](CO)(Cn2cncn2)c2ccc(F)cc2)ccn1-c1ccc(OC(F)(F)C(F)F)cc1. The minimum absolute atomic E-state index is 0.0252. The van der Waals surface area contributed by atoms with E-state index in [9.17, 15) is 31.9 Å². The zero-order valence-corrected chi connectivity index (χ0v) is 18.5. The maximum atomic E-state index is 13.6. The van der Waals surface area contributed by atoms with Gasteiger partial charge < -0.3 is 9.84 Å². The number of aromatic nitrogens is 5. The van der Waals surface area contributed by atoms with E-state index >= 15 is 0 Å². The van der Waals surface area contributed by atoms with Crippen LogP contribution in [0.3, 0.4) is 0 Å². The summed E-state index contributed by atoms with van der Waals surface area (Å²) in [5, 5.41) is 14.5. The lowest BCUT2D eigenvalue weighted by Gasteiger charge is -2.32. The van der Waals surface area contributed by atoms with Crippen LogP contribution in [0.25, 0.3) is 5.69 Å². The molecule has 0 bridgehead atoms. The number of imidazole rings is 1. The number of alkyl halides is 4. The molecule has 0 aliphatic heterocycles. The van der Waals surface area contributed by atoms with Crippen molar-refractivity contribution in [2.24, 2.45) is 0 Å². The second-order valence-electron chi connectivity index (χ2n) is 8.08. The number of ether oxygens (including phenoxy) is 1. The van der Waals surface area contributed by atoms with Crippen molar-refractivity contribution >= 4 is 0 Å². The topological polar surface area (TPSA) is 87.1 Å². The third kappa shape index (κ3) is 5.15. The van der Waals surface area contributed by atoms with Gasteiger partial charge in [0.25, 0.3) is 0 Å². The highest BCUT2D eigenvalue weighted by molar-refractivity contribution is 5.37. The van der Waals surface area contributed by atoms with Crippen molar-refractivity contribution in [2.75, 3.05) is 6.61 Å². The first-order valence-electron chi connectivity index (χ1n) is 10.6. The minimum atomic E-state index is -4.65. The van der Waals surface area contributed by atoms with Crippen LogP contribution in [0.4, 0.5) is 22.0 Å². The molecule has 1 atom stereocenters. The highest BCUT2D eigenvalue weighted by Gasteiger charge is 2.44. The molecule has 0 spiro atoms. The summed E-state index contributed by atoms with van der Waals surface area (Å²) >= 11 is 0. The summed E-state index contributed by atoms with van der Waals surface area (Å²) in [6, 6.07) is 10.1. The van der Waals surface area contributed by atoms with Gasteiger partial charge in [0.2, 0.25) is 0 Å². The van der Waals surface area contributed by atoms with Crippen molar-refractivity contribution in [1.82, 2.24) is 23.9 Å². The highest BCUT2D eigenvalue weighted by Crippen LogP contribution is 2.29. The Morgan fingerprint density at radius 2 is 1.69 bits per heavy atom. The standard InChI is InChI=1S/C23H20F5N5O3/c24-17-3-1-16(2-4-17)22(13-34,12-32-15-29-14-30-32)11-31-9-10-33(21(31)35)18-5-7-19(8-6-18)36-23(27,28)20(25)26/h1-10,14-15,20,34H,11-13H2/t22-/m1/s1. The van der Waals surface area contributed by atoms with Gasteiger partial charge in [0.15, 0.2) is 0 Å². The Bertz CT molecular complexity index is 1340. The fourth-order valence-corrected chi connectivity index (χ4v) is 3.78. The molecule has 0 radical (unpaired) electrons. The lowest BCUT2D eigenvalue weighted by molar-refractivity contribution is -0.253. The Labute approximate surface area is 200 Å². The van der Waals surface area contributed by atoms with Crippen LogP contribution in [-0.2, 0) is 18.5 Å². The molecule has 4 aromatic rings. The van der Waals surface area contributed by atoms with E-state index in [0.717, 1.165) is 12.1 Å². The molecule has 190 valence electrons. The molecule has 2 heterocycles. The van der Waals surface area contributed by atoms with E-state index in [1.54, 1.807) is 0 Å². The normalized spacial score (nSPS) is 13.6. The summed E-state index contributed by atoms with van der Waals surface area (Å²) in [5.74, 6) is -0.964. The third-order valence-electron chi connectivity index (χ3n) is 5.63. The number of halogens is 5. The average molecular weight is 509 g/mol. The molecule has 0 saturated heterocycles. The lowest BCUT2D eigenvalue weighted by atomic mass is 9.80. The van der Waals surface area contributed by atoms with Crippen molar-refractivity contribution in [3.8, 4) is 11.4 Å². The number of aliphatic hydroxyl groups is 1. The molecule has 8 nitrogen and oxygen atoms in total. The largest absolute Gasteiger partial charge is 0.461 e. The van der Waals surface area contributed by atoms with Gasteiger partial charge in [-0.3, -0.25) is 13.8 Å². The summed E-state index contributed by atoms with van der Waals surface area (Å²) < 4.78 is 72.6. The Balaban J connectivity index is 1.64. The van der Waals surface area contributed by atoms with Crippen molar-refractivity contribution in [2.45, 2.75) is 31.0 Å². The fourth-order valence-electron chi connectivity index (χ4n) is 3.78. The van der Waals surface area contributed by atoms with Gasteiger partial charge in [-0.05, 0) is 42.0 Å². The molecule has 0 saturated carbocycles. The fraction of sp³-hybridized carbons (Fsp3) is 0.261. The zero-order chi connectivity index (χ0) is 25.9. The summed E-state index contributed by atoms with van der Waals surface area (Å²) in [7, 11) is 0. The molecule has 0 unspecified atom stereocenters.